The number of likely N-dealkylation sites (tertiary alicyclic amines) is 1. The van der Waals surface area contributed by atoms with Gasteiger partial charge in [-0.25, -0.2) is 9.37 Å². The molecule has 4 aromatic rings. The van der Waals surface area contributed by atoms with Gasteiger partial charge < -0.3 is 4.98 Å². The first kappa shape index (κ1) is 18.1. The van der Waals surface area contributed by atoms with E-state index >= 15 is 0 Å². The van der Waals surface area contributed by atoms with Crippen LogP contribution in [0.3, 0.4) is 0 Å². The maximum atomic E-state index is 14.4. The molecule has 148 valence electrons. The summed E-state index contributed by atoms with van der Waals surface area (Å²) in [5.74, 6) is 1.22. The predicted octanol–water partition coefficient (Wildman–Crippen LogP) is 4.48. The van der Waals surface area contributed by atoms with Crippen LogP contribution in [-0.2, 0) is 13.6 Å². The fourth-order valence-electron chi connectivity index (χ4n) is 4.36. The van der Waals surface area contributed by atoms with Gasteiger partial charge in [-0.1, -0.05) is 24.3 Å². The molecule has 2 aromatic heterocycles. The van der Waals surface area contributed by atoms with Gasteiger partial charge in [-0.3, -0.25) is 9.58 Å². The van der Waals surface area contributed by atoms with Crippen molar-refractivity contribution < 1.29 is 4.39 Å². The number of aryl methyl sites for hydroxylation is 1. The first-order chi connectivity index (χ1) is 14.2. The van der Waals surface area contributed by atoms with Gasteiger partial charge >= 0.3 is 0 Å². The van der Waals surface area contributed by atoms with Crippen LogP contribution in [0.2, 0.25) is 0 Å². The summed E-state index contributed by atoms with van der Waals surface area (Å²) in [6.07, 6.45) is 4.26. The number of benzene rings is 2. The summed E-state index contributed by atoms with van der Waals surface area (Å²) < 4.78 is 16.1. The van der Waals surface area contributed by atoms with Crippen molar-refractivity contribution in [3.63, 3.8) is 0 Å². The molecule has 0 aliphatic carbocycles. The van der Waals surface area contributed by atoms with E-state index in [1.165, 1.54) is 6.07 Å². The first-order valence-electron chi connectivity index (χ1n) is 10.1. The average Bonchev–Trinajstić information content (AvgIpc) is 3.32. The maximum Gasteiger partial charge on any atom is 0.132 e. The lowest BCUT2D eigenvalue weighted by Crippen LogP contribution is -2.34. The quantitative estimate of drug-likeness (QED) is 0.560. The van der Waals surface area contributed by atoms with Crippen LogP contribution in [-0.4, -0.2) is 37.7 Å². The van der Waals surface area contributed by atoms with Crippen LogP contribution >= 0.6 is 0 Å². The summed E-state index contributed by atoms with van der Waals surface area (Å²) in [6.45, 7) is 2.72. The second-order valence-corrected chi connectivity index (χ2v) is 7.87. The lowest BCUT2D eigenvalue weighted by Gasteiger charge is -2.31. The lowest BCUT2D eigenvalue weighted by atomic mass is 9.96. The van der Waals surface area contributed by atoms with E-state index < -0.39 is 0 Å². The van der Waals surface area contributed by atoms with Crippen molar-refractivity contribution in [1.82, 2.24) is 24.6 Å². The van der Waals surface area contributed by atoms with Gasteiger partial charge in [-0.05, 0) is 43.7 Å². The smallest absolute Gasteiger partial charge is 0.132 e. The van der Waals surface area contributed by atoms with E-state index in [4.69, 9.17) is 4.98 Å². The third-order valence-electron chi connectivity index (χ3n) is 5.73. The SMILES string of the molecule is Cn1cc(CN2CCC[C@H](c3nc4ccccc4[nH]3)C2)c(-c2ccccc2F)n1. The van der Waals surface area contributed by atoms with E-state index in [2.05, 4.69) is 21.0 Å². The Bertz CT molecular complexity index is 1110. The van der Waals surface area contributed by atoms with Gasteiger partial charge in [0, 0.05) is 43.4 Å². The van der Waals surface area contributed by atoms with Gasteiger partial charge in [0.05, 0.1) is 16.7 Å². The fourth-order valence-corrected chi connectivity index (χ4v) is 4.36. The number of aromatic nitrogens is 4. The lowest BCUT2D eigenvalue weighted by molar-refractivity contribution is 0.197. The zero-order chi connectivity index (χ0) is 19.8. The monoisotopic (exact) mass is 389 g/mol. The van der Waals surface area contributed by atoms with E-state index in [1.807, 2.05) is 37.5 Å². The minimum Gasteiger partial charge on any atom is -0.342 e. The van der Waals surface area contributed by atoms with Crippen molar-refractivity contribution in [2.45, 2.75) is 25.3 Å². The van der Waals surface area contributed by atoms with Crippen LogP contribution < -0.4 is 0 Å². The second-order valence-electron chi connectivity index (χ2n) is 7.87. The van der Waals surface area contributed by atoms with Crippen molar-refractivity contribution >= 4 is 11.0 Å². The summed E-state index contributed by atoms with van der Waals surface area (Å²) >= 11 is 0. The van der Waals surface area contributed by atoms with E-state index in [0.29, 0.717) is 11.5 Å². The molecule has 0 radical (unpaired) electrons. The molecule has 3 heterocycles. The van der Waals surface area contributed by atoms with Gasteiger partial charge in [0.15, 0.2) is 0 Å². The molecule has 1 saturated heterocycles. The molecule has 1 fully saturated rings. The molecule has 0 saturated carbocycles. The minimum absolute atomic E-state index is 0.230. The number of fused-ring (bicyclic) bond motifs is 1. The maximum absolute atomic E-state index is 14.4. The second kappa shape index (κ2) is 7.44. The van der Waals surface area contributed by atoms with Gasteiger partial charge in [-0.2, -0.15) is 5.10 Å². The fraction of sp³-hybridized carbons (Fsp3) is 0.304. The number of imidazole rings is 1. The number of aromatic amines is 1. The topological polar surface area (TPSA) is 49.7 Å². The highest BCUT2D eigenvalue weighted by atomic mass is 19.1. The molecule has 1 aliphatic rings. The van der Waals surface area contributed by atoms with E-state index in [-0.39, 0.29) is 5.82 Å². The molecule has 2 aromatic carbocycles. The number of rotatable bonds is 4. The van der Waals surface area contributed by atoms with Crippen LogP contribution in [0.5, 0.6) is 0 Å². The normalized spacial score (nSPS) is 17.8. The number of hydrogen-bond donors (Lipinski definition) is 1. The highest BCUT2D eigenvalue weighted by molar-refractivity contribution is 5.74. The Morgan fingerprint density at radius 1 is 1.14 bits per heavy atom. The number of para-hydroxylation sites is 2. The van der Waals surface area contributed by atoms with E-state index in [1.54, 1.807) is 16.8 Å². The highest BCUT2D eigenvalue weighted by Crippen LogP contribution is 2.30. The molecule has 0 bridgehead atoms. The van der Waals surface area contributed by atoms with Crippen molar-refractivity contribution in [2.24, 2.45) is 7.05 Å². The summed E-state index contributed by atoms with van der Waals surface area (Å²) in [4.78, 5) is 10.7. The number of H-pyrrole nitrogens is 1. The number of halogens is 1. The van der Waals surface area contributed by atoms with Crippen molar-refractivity contribution in [2.75, 3.05) is 13.1 Å². The summed E-state index contributed by atoms with van der Waals surface area (Å²) in [7, 11) is 1.89. The number of nitrogens with one attached hydrogen (secondary N) is 1. The van der Waals surface area contributed by atoms with Gasteiger partial charge in [-0.15, -0.1) is 0 Å². The standard InChI is InChI=1S/C23H24FN5/c1-28-13-17(22(27-28)18-8-2-3-9-19(18)24)15-29-12-6-7-16(14-29)23-25-20-10-4-5-11-21(20)26-23/h2-5,8-11,13,16H,6-7,12,14-15H2,1H3,(H,25,26)/t16-/m0/s1. The van der Waals surface area contributed by atoms with Crippen LogP contribution in [0.1, 0.15) is 30.1 Å². The van der Waals surface area contributed by atoms with Crippen molar-refractivity contribution in [1.29, 1.82) is 0 Å². The Morgan fingerprint density at radius 3 is 2.83 bits per heavy atom. The van der Waals surface area contributed by atoms with Gasteiger partial charge in [0.25, 0.3) is 0 Å². The molecule has 1 aliphatic heterocycles. The molecule has 5 nitrogen and oxygen atoms in total. The molecule has 5 rings (SSSR count). The molecular weight excluding hydrogens is 365 g/mol. The van der Waals surface area contributed by atoms with Crippen molar-refractivity contribution in [3.05, 3.63) is 71.9 Å². The van der Waals surface area contributed by atoms with Gasteiger partial charge in [0.2, 0.25) is 0 Å². The molecule has 0 amide bonds. The van der Waals surface area contributed by atoms with Crippen LogP contribution in [0.4, 0.5) is 4.39 Å². The van der Waals surface area contributed by atoms with Crippen LogP contribution in [0.25, 0.3) is 22.3 Å². The molecule has 1 atom stereocenters. The summed E-state index contributed by atoms with van der Waals surface area (Å²) in [5, 5.41) is 4.54. The summed E-state index contributed by atoms with van der Waals surface area (Å²) in [5.41, 5.74) is 4.47. The third kappa shape index (κ3) is 3.56. The Kier molecular flexibility index (Phi) is 4.64. The Balaban J connectivity index is 1.38. The number of piperidine rings is 1. The Hall–Kier alpha value is -2.99. The predicted molar refractivity (Wildman–Crippen MR) is 112 cm³/mol. The zero-order valence-electron chi connectivity index (χ0n) is 16.5. The first-order valence-corrected chi connectivity index (χ1v) is 10.1. The average molecular weight is 389 g/mol. The molecule has 1 N–H and O–H groups in total. The zero-order valence-corrected chi connectivity index (χ0v) is 16.5. The molecular formula is C23H24FN5. The summed E-state index contributed by atoms with van der Waals surface area (Å²) in [6, 6.07) is 15.0. The molecule has 29 heavy (non-hydrogen) atoms. The largest absolute Gasteiger partial charge is 0.342 e. The number of nitrogens with zero attached hydrogens (tertiary/aromatic N) is 4. The number of hydrogen-bond acceptors (Lipinski definition) is 3. The van der Waals surface area contributed by atoms with Gasteiger partial charge in [0.1, 0.15) is 11.6 Å². The minimum atomic E-state index is -0.230. The van der Waals surface area contributed by atoms with Crippen molar-refractivity contribution in [3.8, 4) is 11.3 Å². The molecule has 0 spiro atoms. The van der Waals surface area contributed by atoms with E-state index in [0.717, 1.165) is 60.6 Å². The van der Waals surface area contributed by atoms with Crippen LogP contribution in [0, 0.1) is 5.82 Å². The molecule has 6 heteroatoms. The Labute approximate surface area is 169 Å². The highest BCUT2D eigenvalue weighted by Gasteiger charge is 2.25. The van der Waals surface area contributed by atoms with E-state index in [9.17, 15) is 4.39 Å². The van der Waals surface area contributed by atoms with Crippen LogP contribution in [0.15, 0.2) is 54.7 Å². The Morgan fingerprint density at radius 2 is 1.97 bits per heavy atom. The third-order valence-corrected chi connectivity index (χ3v) is 5.73. The molecule has 0 unspecified atom stereocenters.